The first-order valence-electron chi connectivity index (χ1n) is 5.89. The van der Waals surface area contributed by atoms with Crippen molar-refractivity contribution in [3.05, 3.63) is 56.5 Å². The number of aromatic nitrogens is 2. The van der Waals surface area contributed by atoms with Crippen LogP contribution in [0.1, 0.15) is 5.82 Å². The van der Waals surface area contributed by atoms with Gasteiger partial charge >= 0.3 is 0 Å². The quantitative estimate of drug-likeness (QED) is 0.478. The van der Waals surface area contributed by atoms with Crippen molar-refractivity contribution in [1.82, 2.24) is 9.55 Å². The number of hydrogen-bond donors (Lipinski definition) is 0. The molecule has 0 aliphatic heterocycles. The number of benzene rings is 2. The highest BCUT2D eigenvalue weighted by molar-refractivity contribution is 9.10. The van der Waals surface area contributed by atoms with E-state index in [1.54, 1.807) is 10.6 Å². The van der Waals surface area contributed by atoms with Crippen LogP contribution < -0.4 is 0 Å². The van der Waals surface area contributed by atoms with Gasteiger partial charge in [0.05, 0.1) is 32.6 Å². The summed E-state index contributed by atoms with van der Waals surface area (Å²) in [5.41, 5.74) is 1.81. The third-order valence-corrected chi connectivity index (χ3v) is 4.36. The van der Waals surface area contributed by atoms with Gasteiger partial charge in [0.15, 0.2) is 0 Å². The van der Waals surface area contributed by atoms with E-state index in [-0.39, 0.29) is 10.9 Å². The number of imidazole rings is 1. The van der Waals surface area contributed by atoms with Crippen molar-refractivity contribution >= 4 is 61.8 Å². The maximum absolute atomic E-state index is 13.8. The summed E-state index contributed by atoms with van der Waals surface area (Å²) >= 11 is 21.4. The summed E-state index contributed by atoms with van der Waals surface area (Å²) < 4.78 is 16.4. The number of rotatable bonds is 2. The number of hydrogen-bond acceptors (Lipinski definition) is 1. The Morgan fingerprint density at radius 1 is 1.14 bits per heavy atom. The molecule has 21 heavy (non-hydrogen) atoms. The Balaban J connectivity index is 2.37. The van der Waals surface area contributed by atoms with Crippen LogP contribution >= 0.6 is 50.7 Å². The predicted octanol–water partition coefficient (Wildman–Crippen LogP) is 5.97. The minimum absolute atomic E-state index is 0.0233. The van der Waals surface area contributed by atoms with E-state index >= 15 is 0 Å². The summed E-state index contributed by atoms with van der Waals surface area (Å²) in [6.45, 7) is 0. The van der Waals surface area contributed by atoms with Crippen LogP contribution in [0.2, 0.25) is 10.0 Å². The van der Waals surface area contributed by atoms with Crippen LogP contribution in [0.25, 0.3) is 16.7 Å². The van der Waals surface area contributed by atoms with Gasteiger partial charge in [-0.1, -0.05) is 39.1 Å². The van der Waals surface area contributed by atoms with Gasteiger partial charge < -0.3 is 0 Å². The first-order valence-corrected chi connectivity index (χ1v) is 7.97. The Morgan fingerprint density at radius 3 is 2.57 bits per heavy atom. The zero-order valence-corrected chi connectivity index (χ0v) is 14.2. The fourth-order valence-electron chi connectivity index (χ4n) is 2.14. The third-order valence-electron chi connectivity index (χ3n) is 3.04. The number of alkyl halides is 1. The predicted molar refractivity (Wildman–Crippen MR) is 88.3 cm³/mol. The second-order valence-electron chi connectivity index (χ2n) is 4.35. The number of halogens is 5. The fraction of sp³-hybridized carbons (Fsp3) is 0.0714. The first kappa shape index (κ1) is 15.1. The molecular formula is C14H7BrCl3FN2. The van der Waals surface area contributed by atoms with Crippen molar-refractivity contribution in [2.75, 3.05) is 0 Å². The minimum atomic E-state index is -0.514. The molecule has 0 radical (unpaired) electrons. The largest absolute Gasteiger partial charge is 0.294 e. The van der Waals surface area contributed by atoms with E-state index in [0.717, 1.165) is 4.47 Å². The van der Waals surface area contributed by atoms with Crippen molar-refractivity contribution in [3.63, 3.8) is 0 Å². The van der Waals surface area contributed by atoms with Crippen molar-refractivity contribution in [2.24, 2.45) is 0 Å². The monoisotopic (exact) mass is 406 g/mol. The van der Waals surface area contributed by atoms with Gasteiger partial charge in [0.1, 0.15) is 11.6 Å². The van der Waals surface area contributed by atoms with Gasteiger partial charge in [0, 0.05) is 10.5 Å². The van der Waals surface area contributed by atoms with Crippen LogP contribution in [0.15, 0.2) is 34.8 Å². The second-order valence-corrected chi connectivity index (χ2v) is 6.35. The smallest absolute Gasteiger partial charge is 0.144 e. The lowest BCUT2D eigenvalue weighted by atomic mass is 10.2. The molecule has 0 bridgehead atoms. The van der Waals surface area contributed by atoms with Crippen LogP contribution in [-0.4, -0.2) is 9.55 Å². The zero-order valence-electron chi connectivity index (χ0n) is 10.4. The van der Waals surface area contributed by atoms with Crippen LogP contribution in [-0.2, 0) is 5.88 Å². The highest BCUT2D eigenvalue weighted by atomic mass is 79.9. The summed E-state index contributed by atoms with van der Waals surface area (Å²) in [7, 11) is 0. The van der Waals surface area contributed by atoms with Crippen molar-refractivity contribution < 1.29 is 4.39 Å². The average Bonchev–Trinajstić information content (AvgIpc) is 2.77. The molecule has 108 valence electrons. The summed E-state index contributed by atoms with van der Waals surface area (Å²) in [5, 5.41) is 0.528. The highest BCUT2D eigenvalue weighted by Gasteiger charge is 2.16. The molecule has 0 N–H and O–H groups in total. The lowest BCUT2D eigenvalue weighted by Crippen LogP contribution is -2.00. The second kappa shape index (κ2) is 5.76. The standard InChI is InChI=1S/C14H7BrCl3FN2/c15-7-1-2-12(9(18)3-7)21-13-5-10(19)8(17)4-11(13)20-14(21)6-16/h1-5H,6H2. The van der Waals surface area contributed by atoms with E-state index < -0.39 is 5.82 Å². The molecule has 1 heterocycles. The molecule has 2 nitrogen and oxygen atoms in total. The van der Waals surface area contributed by atoms with Gasteiger partial charge in [-0.3, -0.25) is 4.57 Å². The summed E-state index contributed by atoms with van der Waals surface area (Å²) in [6, 6.07) is 8.23. The van der Waals surface area contributed by atoms with E-state index in [9.17, 15) is 4.39 Å². The van der Waals surface area contributed by atoms with Gasteiger partial charge in [-0.05, 0) is 24.3 Å². The maximum atomic E-state index is 13.8. The van der Waals surface area contributed by atoms with E-state index in [1.807, 2.05) is 12.1 Å². The number of fused-ring (bicyclic) bond motifs is 1. The lowest BCUT2D eigenvalue weighted by Gasteiger charge is -2.10. The molecule has 3 aromatic rings. The number of nitrogens with zero attached hydrogens (tertiary/aromatic N) is 2. The summed E-state index contributed by atoms with van der Waals surface area (Å²) in [6.07, 6.45) is 0. The van der Waals surface area contributed by atoms with Crippen molar-refractivity contribution in [2.45, 2.75) is 5.88 Å². The van der Waals surface area contributed by atoms with Crippen molar-refractivity contribution in [1.29, 1.82) is 0 Å². The molecule has 0 saturated heterocycles. The Bertz CT molecular complexity index is 848. The third kappa shape index (κ3) is 2.66. The molecule has 0 fully saturated rings. The average molecular weight is 408 g/mol. The lowest BCUT2D eigenvalue weighted by molar-refractivity contribution is 0.629. The van der Waals surface area contributed by atoms with Gasteiger partial charge in [-0.2, -0.15) is 0 Å². The molecule has 0 saturated carbocycles. The highest BCUT2D eigenvalue weighted by Crippen LogP contribution is 2.31. The topological polar surface area (TPSA) is 17.8 Å². The molecular weight excluding hydrogens is 401 g/mol. The van der Waals surface area contributed by atoms with Crippen LogP contribution in [0.4, 0.5) is 4.39 Å². The molecule has 7 heteroatoms. The Kier molecular flexibility index (Phi) is 4.14. The Morgan fingerprint density at radius 2 is 1.90 bits per heavy atom. The molecule has 0 atom stereocenters. The Labute approximate surface area is 143 Å². The Hall–Kier alpha value is -0.810. The normalized spacial score (nSPS) is 11.3. The van der Waals surface area contributed by atoms with Crippen LogP contribution in [0.5, 0.6) is 0 Å². The van der Waals surface area contributed by atoms with E-state index in [4.69, 9.17) is 34.8 Å². The minimum Gasteiger partial charge on any atom is -0.294 e. The first-order chi connectivity index (χ1) is 10.0. The molecule has 1 aromatic heterocycles. The van der Waals surface area contributed by atoms with E-state index in [2.05, 4.69) is 20.9 Å². The molecule has 2 aromatic carbocycles. The van der Waals surface area contributed by atoms with Crippen molar-refractivity contribution in [3.8, 4) is 5.69 Å². The maximum Gasteiger partial charge on any atom is 0.144 e. The van der Waals surface area contributed by atoms with Gasteiger partial charge in [0.2, 0.25) is 0 Å². The SMILES string of the molecule is Fc1cc2c(cc1Cl)nc(CCl)n2-c1ccc(Br)cc1Cl. The summed E-state index contributed by atoms with van der Waals surface area (Å²) in [5.74, 6) is 0.220. The summed E-state index contributed by atoms with van der Waals surface area (Å²) in [4.78, 5) is 4.38. The molecule has 0 unspecified atom stereocenters. The zero-order chi connectivity index (χ0) is 15.1. The fourth-order valence-corrected chi connectivity index (χ4v) is 3.24. The van der Waals surface area contributed by atoms with E-state index in [1.165, 1.54) is 12.1 Å². The molecule has 3 rings (SSSR count). The van der Waals surface area contributed by atoms with Crippen LogP contribution in [0.3, 0.4) is 0 Å². The molecule has 0 spiro atoms. The molecule has 0 amide bonds. The van der Waals surface area contributed by atoms with Crippen LogP contribution in [0, 0.1) is 5.82 Å². The van der Waals surface area contributed by atoms with Gasteiger partial charge in [-0.25, -0.2) is 9.37 Å². The van der Waals surface area contributed by atoms with Gasteiger partial charge in [-0.15, -0.1) is 11.6 Å². The molecule has 0 aliphatic rings. The van der Waals surface area contributed by atoms with Gasteiger partial charge in [0.25, 0.3) is 0 Å². The molecule has 0 aliphatic carbocycles. The van der Waals surface area contributed by atoms with E-state index in [0.29, 0.717) is 27.6 Å².